The standard InChI is InChI=1S/C16H18N8O2/c1-22-8-5-18-14(15(22)25)20-16(26)23-7-4-11(10-23)19-12-2-3-13-17-6-9-24(13)21-12/h2-3,5-6,8-9,11H,4,7,10H2,1H3,(H,19,21)(H,18,20,26). The topological polar surface area (TPSA) is 109 Å². The average molecular weight is 354 g/mol. The van der Waals surface area contributed by atoms with Crippen LogP contribution in [-0.4, -0.2) is 54.2 Å². The van der Waals surface area contributed by atoms with Crippen molar-refractivity contribution in [3.63, 3.8) is 0 Å². The van der Waals surface area contributed by atoms with E-state index in [1.807, 2.05) is 12.1 Å². The van der Waals surface area contributed by atoms with Crippen LogP contribution in [0, 0.1) is 0 Å². The Morgan fingerprint density at radius 2 is 2.08 bits per heavy atom. The number of hydrogen-bond donors (Lipinski definition) is 2. The normalized spacial score (nSPS) is 16.8. The van der Waals surface area contributed by atoms with E-state index in [2.05, 4.69) is 25.7 Å². The molecule has 0 spiro atoms. The second kappa shape index (κ2) is 6.47. The molecule has 0 bridgehead atoms. The molecule has 134 valence electrons. The number of carbonyl (C=O) groups excluding carboxylic acids is 1. The van der Waals surface area contributed by atoms with Gasteiger partial charge in [-0.15, -0.1) is 5.10 Å². The zero-order valence-corrected chi connectivity index (χ0v) is 14.2. The highest BCUT2D eigenvalue weighted by atomic mass is 16.2. The Bertz CT molecular complexity index is 1010. The molecule has 0 saturated carbocycles. The molecule has 1 saturated heterocycles. The first-order valence-corrected chi connectivity index (χ1v) is 8.24. The third-order valence-corrected chi connectivity index (χ3v) is 4.32. The van der Waals surface area contributed by atoms with E-state index in [4.69, 9.17) is 0 Å². The molecule has 4 heterocycles. The summed E-state index contributed by atoms with van der Waals surface area (Å²) in [4.78, 5) is 34.1. The number of hydrogen-bond acceptors (Lipinski definition) is 6. The highest BCUT2D eigenvalue weighted by Crippen LogP contribution is 2.15. The number of urea groups is 1. The van der Waals surface area contributed by atoms with Gasteiger partial charge >= 0.3 is 6.03 Å². The van der Waals surface area contributed by atoms with Gasteiger partial charge in [0.2, 0.25) is 5.82 Å². The summed E-state index contributed by atoms with van der Waals surface area (Å²) in [6.07, 6.45) is 7.27. The van der Waals surface area contributed by atoms with E-state index in [-0.39, 0.29) is 23.5 Å². The van der Waals surface area contributed by atoms with E-state index in [0.29, 0.717) is 13.1 Å². The van der Waals surface area contributed by atoms with Crippen LogP contribution in [0.2, 0.25) is 0 Å². The lowest BCUT2D eigenvalue weighted by molar-refractivity contribution is 0.222. The summed E-state index contributed by atoms with van der Waals surface area (Å²) in [7, 11) is 1.61. The summed E-state index contributed by atoms with van der Waals surface area (Å²) in [6.45, 7) is 1.10. The van der Waals surface area contributed by atoms with Gasteiger partial charge in [-0.2, -0.15) is 0 Å². The first-order chi connectivity index (χ1) is 12.6. The van der Waals surface area contributed by atoms with Gasteiger partial charge < -0.3 is 14.8 Å². The van der Waals surface area contributed by atoms with Gasteiger partial charge in [-0.3, -0.25) is 10.1 Å². The van der Waals surface area contributed by atoms with Crippen LogP contribution in [0.5, 0.6) is 0 Å². The Labute approximate surface area is 148 Å². The molecule has 10 nitrogen and oxygen atoms in total. The van der Waals surface area contributed by atoms with Gasteiger partial charge in [0.05, 0.1) is 0 Å². The van der Waals surface area contributed by atoms with E-state index in [0.717, 1.165) is 17.9 Å². The number of likely N-dealkylation sites (tertiary alicyclic amines) is 1. The number of amides is 2. The third-order valence-electron chi connectivity index (χ3n) is 4.32. The maximum absolute atomic E-state index is 12.4. The number of aromatic nitrogens is 5. The maximum Gasteiger partial charge on any atom is 0.323 e. The number of imidazole rings is 1. The van der Waals surface area contributed by atoms with Crippen LogP contribution in [0.4, 0.5) is 16.4 Å². The number of rotatable bonds is 3. The fourth-order valence-corrected chi connectivity index (χ4v) is 2.93. The minimum atomic E-state index is -0.340. The largest absolute Gasteiger partial charge is 0.364 e. The molecule has 26 heavy (non-hydrogen) atoms. The summed E-state index contributed by atoms with van der Waals surface area (Å²) in [5.41, 5.74) is 0.437. The maximum atomic E-state index is 12.4. The van der Waals surface area contributed by atoms with Gasteiger partial charge in [-0.1, -0.05) is 0 Å². The molecule has 3 aromatic heterocycles. The fraction of sp³-hybridized carbons (Fsp3) is 0.312. The summed E-state index contributed by atoms with van der Waals surface area (Å²) in [5, 5.41) is 10.3. The van der Waals surface area contributed by atoms with E-state index in [1.54, 1.807) is 28.9 Å². The van der Waals surface area contributed by atoms with Crippen LogP contribution in [0.3, 0.4) is 0 Å². The molecule has 1 fully saturated rings. The van der Waals surface area contributed by atoms with Crippen LogP contribution < -0.4 is 16.2 Å². The van der Waals surface area contributed by atoms with Crippen molar-refractivity contribution in [2.45, 2.75) is 12.5 Å². The first-order valence-electron chi connectivity index (χ1n) is 8.24. The van der Waals surface area contributed by atoms with Crippen molar-refractivity contribution in [2.24, 2.45) is 7.05 Å². The van der Waals surface area contributed by atoms with Crippen molar-refractivity contribution >= 4 is 23.3 Å². The number of nitrogens with one attached hydrogen (secondary N) is 2. The molecular formula is C16H18N8O2. The van der Waals surface area contributed by atoms with Gasteiger partial charge in [0, 0.05) is 51.0 Å². The van der Waals surface area contributed by atoms with Crippen molar-refractivity contribution in [1.29, 1.82) is 0 Å². The highest BCUT2D eigenvalue weighted by molar-refractivity contribution is 5.88. The zero-order valence-electron chi connectivity index (χ0n) is 14.2. The Morgan fingerprint density at radius 3 is 2.96 bits per heavy atom. The minimum absolute atomic E-state index is 0.0311. The molecule has 1 aliphatic heterocycles. The average Bonchev–Trinajstić information content (AvgIpc) is 3.28. The monoisotopic (exact) mass is 354 g/mol. The van der Waals surface area contributed by atoms with E-state index in [9.17, 15) is 9.59 Å². The molecule has 1 unspecified atom stereocenters. The van der Waals surface area contributed by atoms with E-state index >= 15 is 0 Å². The Balaban J connectivity index is 1.39. The van der Waals surface area contributed by atoms with Crippen LogP contribution in [-0.2, 0) is 7.05 Å². The quantitative estimate of drug-likeness (QED) is 0.710. The van der Waals surface area contributed by atoms with Gasteiger partial charge in [-0.05, 0) is 18.6 Å². The van der Waals surface area contributed by atoms with Crippen LogP contribution >= 0.6 is 0 Å². The summed E-state index contributed by atoms with van der Waals surface area (Å²) >= 11 is 0. The number of carbonyl (C=O) groups is 1. The lowest BCUT2D eigenvalue weighted by atomic mass is 10.2. The molecule has 1 aliphatic rings. The van der Waals surface area contributed by atoms with Gasteiger partial charge in [0.25, 0.3) is 5.56 Å². The van der Waals surface area contributed by atoms with Crippen molar-refractivity contribution in [1.82, 2.24) is 29.0 Å². The lowest BCUT2D eigenvalue weighted by Crippen LogP contribution is -2.37. The molecule has 1 atom stereocenters. The number of anilines is 2. The second-order valence-electron chi connectivity index (χ2n) is 6.15. The number of fused-ring (bicyclic) bond motifs is 1. The smallest absolute Gasteiger partial charge is 0.323 e. The molecule has 0 aliphatic carbocycles. The van der Waals surface area contributed by atoms with Crippen LogP contribution in [0.1, 0.15) is 6.42 Å². The molecule has 10 heteroatoms. The molecule has 2 N–H and O–H groups in total. The third kappa shape index (κ3) is 3.08. The number of aryl methyl sites for hydroxylation is 1. The second-order valence-corrected chi connectivity index (χ2v) is 6.15. The van der Waals surface area contributed by atoms with Crippen molar-refractivity contribution < 1.29 is 4.79 Å². The van der Waals surface area contributed by atoms with Crippen LogP contribution in [0.25, 0.3) is 5.65 Å². The molecule has 0 radical (unpaired) electrons. The number of nitrogens with zero attached hydrogens (tertiary/aromatic N) is 6. The van der Waals surface area contributed by atoms with Gasteiger partial charge in [-0.25, -0.2) is 19.3 Å². The van der Waals surface area contributed by atoms with E-state index in [1.165, 1.54) is 17.0 Å². The van der Waals surface area contributed by atoms with Gasteiger partial charge in [0.15, 0.2) is 5.65 Å². The predicted molar refractivity (Wildman–Crippen MR) is 95.1 cm³/mol. The summed E-state index contributed by atoms with van der Waals surface area (Å²) in [6, 6.07) is 3.50. The van der Waals surface area contributed by atoms with Crippen molar-refractivity contribution in [3.8, 4) is 0 Å². The van der Waals surface area contributed by atoms with Crippen molar-refractivity contribution in [2.75, 3.05) is 23.7 Å². The molecular weight excluding hydrogens is 336 g/mol. The Morgan fingerprint density at radius 1 is 1.23 bits per heavy atom. The lowest BCUT2D eigenvalue weighted by Gasteiger charge is -2.17. The molecule has 4 rings (SSSR count). The summed E-state index contributed by atoms with van der Waals surface area (Å²) < 4.78 is 3.06. The SMILES string of the molecule is Cn1ccnc(NC(=O)N2CCC(Nc3ccc4nccn4n3)C2)c1=O. The first kappa shape index (κ1) is 16.1. The highest BCUT2D eigenvalue weighted by Gasteiger charge is 2.27. The Hall–Kier alpha value is -3.43. The minimum Gasteiger partial charge on any atom is -0.364 e. The van der Waals surface area contributed by atoms with Crippen molar-refractivity contribution in [3.05, 3.63) is 47.3 Å². The summed E-state index contributed by atoms with van der Waals surface area (Å²) in [5.74, 6) is 0.755. The van der Waals surface area contributed by atoms with E-state index < -0.39 is 0 Å². The fourth-order valence-electron chi connectivity index (χ4n) is 2.93. The molecule has 2 amide bonds. The van der Waals surface area contributed by atoms with Gasteiger partial charge in [0.1, 0.15) is 5.82 Å². The zero-order chi connectivity index (χ0) is 18.1. The predicted octanol–water partition coefficient (Wildman–Crippen LogP) is 0.541. The van der Waals surface area contributed by atoms with Crippen LogP contribution in [0.15, 0.2) is 41.7 Å². The Kier molecular flexibility index (Phi) is 3.99. The molecule has 0 aromatic carbocycles. The molecule has 3 aromatic rings.